The topological polar surface area (TPSA) is 96.0 Å². The van der Waals surface area contributed by atoms with Gasteiger partial charge >= 0.3 is 17.9 Å². The summed E-state index contributed by atoms with van der Waals surface area (Å²) < 4.78 is 16.2. The number of carbonyl (C=O) groups excluding carboxylic acids is 4. The summed E-state index contributed by atoms with van der Waals surface area (Å²) in [6.45, 7) is 17.0. The Morgan fingerprint density at radius 1 is 0.730 bits per heavy atom. The van der Waals surface area contributed by atoms with Gasteiger partial charge in [-0.3, -0.25) is 19.2 Å². The maximum Gasteiger partial charge on any atom is 0.320 e. The number of ketones is 1. The van der Waals surface area contributed by atoms with Gasteiger partial charge in [0.15, 0.2) is 0 Å². The first kappa shape index (κ1) is 35.1. The van der Waals surface area contributed by atoms with Gasteiger partial charge in [0.2, 0.25) is 0 Å². The molecule has 0 radical (unpaired) electrons. The first-order chi connectivity index (χ1) is 17.0. The number of hydrogen-bond acceptors (Lipinski definition) is 7. The molecule has 0 aliphatic rings. The fourth-order valence-corrected chi connectivity index (χ4v) is 4.47. The van der Waals surface area contributed by atoms with E-state index in [1.54, 1.807) is 27.7 Å². The lowest BCUT2D eigenvalue weighted by molar-refractivity contribution is -0.171. The molecule has 0 aromatic carbocycles. The molecule has 0 aliphatic carbocycles. The lowest BCUT2D eigenvalue weighted by Gasteiger charge is -2.33. The highest BCUT2D eigenvalue weighted by Crippen LogP contribution is 2.36. The number of Topliss-reactive ketones (excluding diaryl/α,β-unsaturated/α-hetero) is 1. The quantitative estimate of drug-likeness (QED) is 0.0811. The second-order valence-corrected chi connectivity index (χ2v) is 12.4. The van der Waals surface area contributed by atoms with Crippen LogP contribution in [0.15, 0.2) is 0 Å². The molecule has 0 N–H and O–H groups in total. The van der Waals surface area contributed by atoms with Crippen molar-refractivity contribution >= 4 is 23.7 Å². The van der Waals surface area contributed by atoms with Crippen molar-refractivity contribution < 1.29 is 33.4 Å². The van der Waals surface area contributed by atoms with Crippen LogP contribution in [0.3, 0.4) is 0 Å². The zero-order valence-corrected chi connectivity index (χ0v) is 25.1. The molecule has 0 spiro atoms. The lowest BCUT2D eigenvalue weighted by Crippen LogP contribution is -2.43. The number of hydrogen-bond donors (Lipinski definition) is 0. The summed E-state index contributed by atoms with van der Waals surface area (Å²) in [5, 5.41) is 0. The highest BCUT2D eigenvalue weighted by Gasteiger charge is 2.45. The highest BCUT2D eigenvalue weighted by atomic mass is 16.6. The zero-order valence-electron chi connectivity index (χ0n) is 25.1. The summed E-state index contributed by atoms with van der Waals surface area (Å²) in [6, 6.07) is 0. The van der Waals surface area contributed by atoms with Gasteiger partial charge in [0, 0.05) is 13.3 Å². The number of unbranched alkanes of at least 4 members (excludes halogenated alkanes) is 3. The first-order valence-electron chi connectivity index (χ1n) is 14.1. The molecule has 2 atom stereocenters. The van der Waals surface area contributed by atoms with Gasteiger partial charge in [-0.05, 0) is 91.4 Å². The maximum atomic E-state index is 13.3. The van der Waals surface area contributed by atoms with Crippen LogP contribution in [-0.4, -0.2) is 42.0 Å². The van der Waals surface area contributed by atoms with E-state index in [-0.39, 0.29) is 29.2 Å². The van der Waals surface area contributed by atoms with E-state index in [2.05, 4.69) is 20.8 Å². The summed E-state index contributed by atoms with van der Waals surface area (Å²) in [7, 11) is 0. The predicted octanol–water partition coefficient (Wildman–Crippen LogP) is 7.13. The molecule has 0 saturated heterocycles. The van der Waals surface area contributed by atoms with Gasteiger partial charge in [-0.1, -0.05) is 40.0 Å². The first-order valence-corrected chi connectivity index (χ1v) is 14.1. The molecular formula is C30H54O7. The average molecular weight is 527 g/mol. The minimum Gasteiger partial charge on any atom is -0.466 e. The van der Waals surface area contributed by atoms with E-state index in [0.717, 1.165) is 38.5 Å². The Balaban J connectivity index is 5.28. The molecule has 7 heteroatoms. The van der Waals surface area contributed by atoms with Crippen LogP contribution in [-0.2, 0) is 33.4 Å². The molecule has 216 valence electrons. The standard InChI is InChI=1S/C30H54O7/c1-10-35-26(33)19-13-11-12-14-21-30(23(2)31,27(34)37-29(7,8)9)22-16-18-25(36-24(3)32)17-15-20-28(4,5)6/h25H,10-22H2,1-9H3. The van der Waals surface area contributed by atoms with Gasteiger partial charge in [-0.15, -0.1) is 0 Å². The Bertz CT molecular complexity index is 714. The van der Waals surface area contributed by atoms with Gasteiger partial charge in [0.1, 0.15) is 22.9 Å². The van der Waals surface area contributed by atoms with E-state index in [4.69, 9.17) is 14.2 Å². The van der Waals surface area contributed by atoms with Crippen molar-refractivity contribution in [2.75, 3.05) is 6.61 Å². The highest BCUT2D eigenvalue weighted by molar-refractivity contribution is 6.02. The number of rotatable bonds is 18. The molecule has 0 bridgehead atoms. The Morgan fingerprint density at radius 2 is 1.27 bits per heavy atom. The van der Waals surface area contributed by atoms with Crippen molar-refractivity contribution in [3.8, 4) is 0 Å². The monoisotopic (exact) mass is 526 g/mol. The fraction of sp³-hybridized carbons (Fsp3) is 0.867. The van der Waals surface area contributed by atoms with E-state index in [9.17, 15) is 19.2 Å². The van der Waals surface area contributed by atoms with Crippen molar-refractivity contribution in [3.05, 3.63) is 0 Å². The van der Waals surface area contributed by atoms with Crippen molar-refractivity contribution in [2.24, 2.45) is 10.8 Å². The van der Waals surface area contributed by atoms with Crippen molar-refractivity contribution in [1.29, 1.82) is 0 Å². The smallest absolute Gasteiger partial charge is 0.320 e. The predicted molar refractivity (Wildman–Crippen MR) is 146 cm³/mol. The molecule has 0 rings (SSSR count). The Kier molecular flexibility index (Phi) is 16.0. The number of ether oxygens (including phenoxy) is 3. The zero-order chi connectivity index (χ0) is 28.7. The van der Waals surface area contributed by atoms with Crippen molar-refractivity contribution in [3.63, 3.8) is 0 Å². The van der Waals surface area contributed by atoms with Gasteiger partial charge in [0.25, 0.3) is 0 Å². The molecule has 0 heterocycles. The summed E-state index contributed by atoms with van der Waals surface area (Å²) in [5.74, 6) is -1.17. The van der Waals surface area contributed by atoms with Crippen LogP contribution in [0.1, 0.15) is 139 Å². The fourth-order valence-electron chi connectivity index (χ4n) is 4.47. The van der Waals surface area contributed by atoms with Crippen molar-refractivity contribution in [2.45, 2.75) is 151 Å². The van der Waals surface area contributed by atoms with Crippen LogP contribution in [0.2, 0.25) is 0 Å². The Hall–Kier alpha value is -1.92. The van der Waals surface area contributed by atoms with Crippen LogP contribution in [0.25, 0.3) is 0 Å². The molecule has 0 saturated carbocycles. The van der Waals surface area contributed by atoms with E-state index in [1.807, 2.05) is 0 Å². The molecule has 2 unspecified atom stereocenters. The number of esters is 3. The van der Waals surface area contributed by atoms with Gasteiger partial charge < -0.3 is 14.2 Å². The van der Waals surface area contributed by atoms with Crippen LogP contribution in [0.4, 0.5) is 0 Å². The minimum atomic E-state index is -1.22. The average Bonchev–Trinajstić information content (AvgIpc) is 2.72. The van der Waals surface area contributed by atoms with E-state index >= 15 is 0 Å². The second kappa shape index (κ2) is 16.8. The normalized spacial score (nSPS) is 14.4. The number of carbonyl (C=O) groups is 4. The van der Waals surface area contributed by atoms with Crippen LogP contribution in [0.5, 0.6) is 0 Å². The van der Waals surface area contributed by atoms with Crippen LogP contribution >= 0.6 is 0 Å². The second-order valence-electron chi connectivity index (χ2n) is 12.4. The van der Waals surface area contributed by atoms with Gasteiger partial charge in [-0.25, -0.2) is 0 Å². The Morgan fingerprint density at radius 3 is 1.76 bits per heavy atom. The Labute approximate surface area is 225 Å². The third-order valence-electron chi connectivity index (χ3n) is 6.42. The summed E-state index contributed by atoms with van der Waals surface area (Å²) >= 11 is 0. The molecule has 0 amide bonds. The minimum absolute atomic E-state index is 0.190. The maximum absolute atomic E-state index is 13.3. The molecule has 37 heavy (non-hydrogen) atoms. The summed E-state index contributed by atoms with van der Waals surface area (Å²) in [4.78, 5) is 49.5. The molecule has 7 nitrogen and oxygen atoms in total. The lowest BCUT2D eigenvalue weighted by atomic mass is 9.74. The molecule has 0 aliphatic heterocycles. The third kappa shape index (κ3) is 16.5. The third-order valence-corrected chi connectivity index (χ3v) is 6.42. The molecular weight excluding hydrogens is 472 g/mol. The van der Waals surface area contributed by atoms with E-state index in [0.29, 0.717) is 45.1 Å². The van der Waals surface area contributed by atoms with Gasteiger partial charge in [0.05, 0.1) is 6.61 Å². The van der Waals surface area contributed by atoms with Crippen molar-refractivity contribution in [1.82, 2.24) is 0 Å². The van der Waals surface area contributed by atoms with E-state index in [1.165, 1.54) is 13.8 Å². The summed E-state index contributed by atoms with van der Waals surface area (Å²) in [6.07, 6.45) is 7.84. The molecule has 0 aromatic heterocycles. The van der Waals surface area contributed by atoms with Crippen LogP contribution in [0, 0.1) is 10.8 Å². The van der Waals surface area contributed by atoms with E-state index < -0.39 is 17.0 Å². The van der Waals surface area contributed by atoms with Crippen LogP contribution < -0.4 is 0 Å². The largest absolute Gasteiger partial charge is 0.466 e. The molecule has 0 aromatic rings. The molecule has 0 fully saturated rings. The summed E-state index contributed by atoms with van der Waals surface area (Å²) in [5.41, 5.74) is -1.72. The SMILES string of the molecule is CCOC(=O)CCCCCCC(CCCC(CCCC(C)(C)C)OC(C)=O)(C(C)=O)C(=O)OC(C)(C)C. The van der Waals surface area contributed by atoms with Gasteiger partial charge in [-0.2, -0.15) is 0 Å².